The van der Waals surface area contributed by atoms with E-state index in [9.17, 15) is 4.79 Å². The van der Waals surface area contributed by atoms with E-state index >= 15 is 0 Å². The molecular formula is C10H22N2O. The van der Waals surface area contributed by atoms with E-state index in [2.05, 4.69) is 26.1 Å². The van der Waals surface area contributed by atoms with Gasteiger partial charge in [-0.1, -0.05) is 27.2 Å². The first-order chi connectivity index (χ1) is 5.99. The highest BCUT2D eigenvalue weighted by Crippen LogP contribution is 2.13. The minimum absolute atomic E-state index is 0.215. The van der Waals surface area contributed by atoms with E-state index in [0.29, 0.717) is 11.8 Å². The Morgan fingerprint density at radius 1 is 1.38 bits per heavy atom. The van der Waals surface area contributed by atoms with Crippen LogP contribution >= 0.6 is 0 Å². The van der Waals surface area contributed by atoms with Crippen LogP contribution < -0.4 is 11.1 Å². The highest BCUT2D eigenvalue weighted by molar-refractivity contribution is 5.79. The number of amides is 1. The zero-order chi connectivity index (χ0) is 10.4. The van der Waals surface area contributed by atoms with Crippen molar-refractivity contribution in [2.45, 2.75) is 40.2 Å². The number of carbonyl (C=O) groups excluding carboxylic acids is 1. The van der Waals surface area contributed by atoms with Crippen LogP contribution in [-0.4, -0.2) is 18.5 Å². The Bertz CT molecular complexity index is 157. The van der Waals surface area contributed by atoms with Crippen LogP contribution in [0, 0.1) is 11.8 Å². The Labute approximate surface area is 81.1 Å². The molecule has 0 saturated heterocycles. The molecule has 0 saturated carbocycles. The van der Waals surface area contributed by atoms with Gasteiger partial charge in [-0.25, -0.2) is 0 Å². The summed E-state index contributed by atoms with van der Waals surface area (Å²) in [5, 5.41) is 3.14. The summed E-state index contributed by atoms with van der Waals surface area (Å²) in [5.74, 6) is 0.998. The molecule has 2 atom stereocenters. The number of primary amides is 1. The van der Waals surface area contributed by atoms with Gasteiger partial charge in [-0.05, 0) is 25.3 Å². The van der Waals surface area contributed by atoms with Gasteiger partial charge in [-0.3, -0.25) is 4.79 Å². The molecule has 1 amide bonds. The average Bonchev–Trinajstić information content (AvgIpc) is 2.04. The van der Waals surface area contributed by atoms with E-state index in [4.69, 9.17) is 5.73 Å². The number of nitrogens with one attached hydrogen (secondary N) is 1. The number of hydrogen-bond donors (Lipinski definition) is 2. The maximum Gasteiger partial charge on any atom is 0.234 e. The SMILES string of the molecule is CCC(CNC(C)C(N)=O)C(C)C. The number of carbonyl (C=O) groups is 1. The Kier molecular flexibility index (Phi) is 5.71. The Morgan fingerprint density at radius 3 is 2.23 bits per heavy atom. The molecule has 0 rings (SSSR count). The summed E-state index contributed by atoms with van der Waals surface area (Å²) >= 11 is 0. The van der Waals surface area contributed by atoms with E-state index in [1.54, 1.807) is 6.92 Å². The predicted octanol–water partition coefficient (Wildman–Crippen LogP) is 1.13. The quantitative estimate of drug-likeness (QED) is 0.653. The molecule has 2 unspecified atom stereocenters. The number of nitrogens with two attached hydrogens (primary N) is 1. The van der Waals surface area contributed by atoms with Crippen LogP contribution in [0.3, 0.4) is 0 Å². The third-order valence-electron chi connectivity index (χ3n) is 2.58. The summed E-state index contributed by atoms with van der Waals surface area (Å²) < 4.78 is 0. The molecule has 0 bridgehead atoms. The molecule has 3 heteroatoms. The van der Waals surface area contributed by atoms with Crippen LogP contribution in [0.4, 0.5) is 0 Å². The van der Waals surface area contributed by atoms with Crippen LogP contribution in [0.15, 0.2) is 0 Å². The molecule has 78 valence electrons. The van der Waals surface area contributed by atoms with Gasteiger partial charge in [-0.15, -0.1) is 0 Å². The molecule has 3 N–H and O–H groups in total. The molecule has 0 aromatic rings. The van der Waals surface area contributed by atoms with Gasteiger partial charge in [0.25, 0.3) is 0 Å². The molecular weight excluding hydrogens is 164 g/mol. The maximum absolute atomic E-state index is 10.7. The van der Waals surface area contributed by atoms with Gasteiger partial charge in [-0.2, -0.15) is 0 Å². The summed E-state index contributed by atoms with van der Waals surface area (Å²) in [5.41, 5.74) is 5.14. The molecule has 0 heterocycles. The van der Waals surface area contributed by atoms with Gasteiger partial charge in [0.15, 0.2) is 0 Å². The second-order valence-corrected chi connectivity index (χ2v) is 3.94. The first-order valence-corrected chi connectivity index (χ1v) is 5.01. The van der Waals surface area contributed by atoms with Crippen molar-refractivity contribution in [3.8, 4) is 0 Å². The fourth-order valence-electron chi connectivity index (χ4n) is 1.28. The van der Waals surface area contributed by atoms with Crippen molar-refractivity contribution in [1.29, 1.82) is 0 Å². The van der Waals surface area contributed by atoms with Gasteiger partial charge >= 0.3 is 0 Å². The zero-order valence-corrected chi connectivity index (χ0v) is 9.13. The summed E-state index contributed by atoms with van der Waals surface area (Å²) in [6, 6.07) is -0.215. The molecule has 3 nitrogen and oxygen atoms in total. The normalized spacial score (nSPS) is 15.8. The van der Waals surface area contributed by atoms with Crippen LogP contribution in [0.2, 0.25) is 0 Å². The monoisotopic (exact) mass is 186 g/mol. The Hall–Kier alpha value is -0.570. The largest absolute Gasteiger partial charge is 0.368 e. The van der Waals surface area contributed by atoms with Gasteiger partial charge in [0.1, 0.15) is 0 Å². The van der Waals surface area contributed by atoms with E-state index in [-0.39, 0.29) is 11.9 Å². The molecule has 0 aromatic heterocycles. The van der Waals surface area contributed by atoms with Gasteiger partial charge < -0.3 is 11.1 Å². The summed E-state index contributed by atoms with van der Waals surface area (Å²) in [7, 11) is 0. The molecule has 0 spiro atoms. The molecule has 0 fully saturated rings. The fraction of sp³-hybridized carbons (Fsp3) is 0.900. The minimum Gasteiger partial charge on any atom is -0.368 e. The van der Waals surface area contributed by atoms with Gasteiger partial charge in [0, 0.05) is 0 Å². The van der Waals surface area contributed by atoms with Crippen molar-refractivity contribution >= 4 is 5.91 Å². The van der Waals surface area contributed by atoms with Crippen molar-refractivity contribution in [2.24, 2.45) is 17.6 Å². The van der Waals surface area contributed by atoms with E-state index in [0.717, 1.165) is 13.0 Å². The lowest BCUT2D eigenvalue weighted by molar-refractivity contribution is -0.119. The standard InChI is InChI=1S/C10H22N2O/c1-5-9(7(2)3)6-12-8(4)10(11)13/h7-9,12H,5-6H2,1-4H3,(H2,11,13). The summed E-state index contributed by atoms with van der Waals surface area (Å²) in [4.78, 5) is 10.7. The Balaban J connectivity index is 3.78. The highest BCUT2D eigenvalue weighted by Gasteiger charge is 2.13. The molecule has 0 aliphatic heterocycles. The van der Waals surface area contributed by atoms with E-state index < -0.39 is 0 Å². The molecule has 0 aliphatic carbocycles. The lowest BCUT2D eigenvalue weighted by atomic mass is 9.93. The molecule has 0 aromatic carbocycles. The smallest absolute Gasteiger partial charge is 0.234 e. The van der Waals surface area contributed by atoms with Crippen LogP contribution in [-0.2, 0) is 4.79 Å². The number of rotatable bonds is 6. The summed E-state index contributed by atoms with van der Waals surface area (Å²) in [6.45, 7) is 9.24. The lowest BCUT2D eigenvalue weighted by Gasteiger charge is -2.21. The van der Waals surface area contributed by atoms with Crippen molar-refractivity contribution in [2.75, 3.05) is 6.54 Å². The van der Waals surface area contributed by atoms with E-state index in [1.165, 1.54) is 0 Å². The lowest BCUT2D eigenvalue weighted by Crippen LogP contribution is -2.41. The second kappa shape index (κ2) is 5.97. The van der Waals surface area contributed by atoms with Crippen molar-refractivity contribution in [3.63, 3.8) is 0 Å². The van der Waals surface area contributed by atoms with Gasteiger partial charge in [0.2, 0.25) is 5.91 Å². The van der Waals surface area contributed by atoms with Crippen LogP contribution in [0.25, 0.3) is 0 Å². The predicted molar refractivity (Wildman–Crippen MR) is 55.3 cm³/mol. The van der Waals surface area contributed by atoms with Crippen LogP contribution in [0.5, 0.6) is 0 Å². The maximum atomic E-state index is 10.7. The van der Waals surface area contributed by atoms with Crippen molar-refractivity contribution < 1.29 is 4.79 Å². The average molecular weight is 186 g/mol. The molecule has 13 heavy (non-hydrogen) atoms. The molecule has 0 radical (unpaired) electrons. The van der Waals surface area contributed by atoms with Crippen molar-refractivity contribution in [3.05, 3.63) is 0 Å². The summed E-state index contributed by atoms with van der Waals surface area (Å²) in [6.07, 6.45) is 1.14. The van der Waals surface area contributed by atoms with Crippen LogP contribution in [0.1, 0.15) is 34.1 Å². The topological polar surface area (TPSA) is 55.1 Å². The molecule has 0 aliphatic rings. The van der Waals surface area contributed by atoms with Gasteiger partial charge in [0.05, 0.1) is 6.04 Å². The zero-order valence-electron chi connectivity index (χ0n) is 9.13. The highest BCUT2D eigenvalue weighted by atomic mass is 16.1. The minimum atomic E-state index is -0.279. The third kappa shape index (κ3) is 4.88. The fourth-order valence-corrected chi connectivity index (χ4v) is 1.28. The van der Waals surface area contributed by atoms with E-state index in [1.807, 2.05) is 0 Å². The first kappa shape index (κ1) is 12.4. The van der Waals surface area contributed by atoms with Crippen molar-refractivity contribution in [1.82, 2.24) is 5.32 Å². The second-order valence-electron chi connectivity index (χ2n) is 3.94. The Morgan fingerprint density at radius 2 is 1.92 bits per heavy atom. The number of hydrogen-bond acceptors (Lipinski definition) is 2. The third-order valence-corrected chi connectivity index (χ3v) is 2.58. The first-order valence-electron chi connectivity index (χ1n) is 5.01.